The van der Waals surface area contributed by atoms with E-state index in [1.165, 1.54) is 31.1 Å². The van der Waals surface area contributed by atoms with Crippen LogP contribution in [0.5, 0.6) is 0 Å². The molecule has 1 aromatic carbocycles. The number of likely N-dealkylation sites (tertiary alicyclic amines) is 1. The Morgan fingerprint density at radius 3 is 3.00 bits per heavy atom. The average molecular weight is 234 g/mol. The van der Waals surface area contributed by atoms with Gasteiger partial charge in [0, 0.05) is 25.1 Å². The summed E-state index contributed by atoms with van der Waals surface area (Å²) in [6.45, 7) is 5.79. The molecule has 0 saturated carbocycles. The van der Waals surface area contributed by atoms with Crippen LogP contribution in [0.25, 0.3) is 10.9 Å². The van der Waals surface area contributed by atoms with Crippen LogP contribution in [-0.4, -0.2) is 29.5 Å². The quantitative estimate of drug-likeness (QED) is 0.862. The minimum Gasteiger partial charge on any atom is -0.361 e. The van der Waals surface area contributed by atoms with Crippen molar-refractivity contribution in [2.24, 2.45) is 0 Å². The lowest BCUT2D eigenvalue weighted by Gasteiger charge is -2.33. The first-order chi connectivity index (χ1) is 8.24. The zero-order valence-corrected chi connectivity index (χ0v) is 10.0. The topological polar surface area (TPSA) is 19.0 Å². The van der Waals surface area contributed by atoms with Gasteiger partial charge in [-0.15, -0.1) is 0 Å². The molecule has 2 heterocycles. The van der Waals surface area contributed by atoms with Crippen molar-refractivity contribution in [2.75, 3.05) is 19.6 Å². The highest BCUT2D eigenvalue weighted by Gasteiger charge is 2.19. The van der Waals surface area contributed by atoms with Gasteiger partial charge in [0.05, 0.1) is 0 Å². The lowest BCUT2D eigenvalue weighted by atomic mass is 9.98. The fraction of sp³-hybridized carbons (Fsp3) is 0.429. The van der Waals surface area contributed by atoms with Crippen molar-refractivity contribution in [3.8, 4) is 0 Å². The van der Waals surface area contributed by atoms with E-state index in [0.29, 0.717) is 5.92 Å². The zero-order chi connectivity index (χ0) is 11.8. The van der Waals surface area contributed by atoms with E-state index in [2.05, 4.69) is 16.8 Å². The molecule has 1 fully saturated rings. The molecule has 1 unspecified atom stereocenters. The third-order valence-corrected chi connectivity index (χ3v) is 3.69. The Morgan fingerprint density at radius 1 is 1.47 bits per heavy atom. The van der Waals surface area contributed by atoms with Gasteiger partial charge in [0.1, 0.15) is 5.82 Å². The molecule has 0 spiro atoms. The molecule has 0 radical (unpaired) electrons. The third-order valence-electron chi connectivity index (χ3n) is 3.69. The number of rotatable bonds is 3. The van der Waals surface area contributed by atoms with Gasteiger partial charge in [-0.2, -0.15) is 0 Å². The molecule has 1 N–H and O–H groups in total. The summed E-state index contributed by atoms with van der Waals surface area (Å²) < 4.78 is 13.1. The standard InChI is InChI=1S/C14H17FN2.H2/c1-10(9-17-5-2-6-17)13-8-16-14-7-11(15)3-4-12(13)14;/h3-4,7-8,10,16H,2,5-6,9H2,1H3;1H. The van der Waals surface area contributed by atoms with E-state index < -0.39 is 0 Å². The summed E-state index contributed by atoms with van der Waals surface area (Å²) in [7, 11) is 0. The molecule has 1 aliphatic rings. The minimum absolute atomic E-state index is 0. The number of fused-ring (bicyclic) bond motifs is 1. The predicted molar refractivity (Wildman–Crippen MR) is 69.8 cm³/mol. The van der Waals surface area contributed by atoms with E-state index >= 15 is 0 Å². The van der Waals surface area contributed by atoms with Crippen molar-refractivity contribution in [2.45, 2.75) is 19.3 Å². The lowest BCUT2D eigenvalue weighted by molar-refractivity contribution is 0.173. The van der Waals surface area contributed by atoms with Crippen molar-refractivity contribution in [1.29, 1.82) is 0 Å². The molecule has 1 atom stereocenters. The van der Waals surface area contributed by atoms with E-state index in [0.717, 1.165) is 17.4 Å². The molecule has 0 bridgehead atoms. The minimum atomic E-state index is -0.179. The van der Waals surface area contributed by atoms with Crippen molar-refractivity contribution in [3.63, 3.8) is 0 Å². The first-order valence-corrected chi connectivity index (χ1v) is 6.23. The van der Waals surface area contributed by atoms with Gasteiger partial charge in [-0.3, -0.25) is 0 Å². The van der Waals surface area contributed by atoms with Crippen LogP contribution in [0.2, 0.25) is 0 Å². The molecular weight excluding hydrogens is 215 g/mol. The van der Waals surface area contributed by atoms with Crippen LogP contribution in [0.1, 0.15) is 26.3 Å². The van der Waals surface area contributed by atoms with Gasteiger partial charge in [-0.05, 0) is 49.2 Å². The number of aromatic amines is 1. The van der Waals surface area contributed by atoms with Crippen molar-refractivity contribution in [1.82, 2.24) is 9.88 Å². The molecule has 92 valence electrons. The van der Waals surface area contributed by atoms with E-state index in [4.69, 9.17) is 0 Å². The summed E-state index contributed by atoms with van der Waals surface area (Å²) in [6.07, 6.45) is 3.35. The van der Waals surface area contributed by atoms with Crippen molar-refractivity contribution in [3.05, 3.63) is 35.8 Å². The highest BCUT2D eigenvalue weighted by molar-refractivity contribution is 5.83. The second-order valence-electron chi connectivity index (χ2n) is 4.99. The Kier molecular flexibility index (Phi) is 2.63. The number of hydrogen-bond acceptors (Lipinski definition) is 1. The van der Waals surface area contributed by atoms with Gasteiger partial charge in [0.25, 0.3) is 0 Å². The van der Waals surface area contributed by atoms with Gasteiger partial charge in [-0.1, -0.05) is 6.92 Å². The van der Waals surface area contributed by atoms with Crippen LogP contribution in [0, 0.1) is 5.82 Å². The molecule has 2 nitrogen and oxygen atoms in total. The van der Waals surface area contributed by atoms with Crippen LogP contribution in [0.3, 0.4) is 0 Å². The Morgan fingerprint density at radius 2 is 2.29 bits per heavy atom. The largest absolute Gasteiger partial charge is 0.361 e. The van der Waals surface area contributed by atoms with E-state index in [1.54, 1.807) is 6.07 Å². The first-order valence-electron chi connectivity index (χ1n) is 6.23. The summed E-state index contributed by atoms with van der Waals surface area (Å²) in [5, 5.41) is 1.15. The van der Waals surface area contributed by atoms with Crippen LogP contribution in [0.15, 0.2) is 24.4 Å². The first kappa shape index (κ1) is 10.8. The van der Waals surface area contributed by atoms with Crippen molar-refractivity contribution >= 4 is 10.9 Å². The smallest absolute Gasteiger partial charge is 0.125 e. The maximum atomic E-state index is 13.1. The number of aromatic nitrogens is 1. The summed E-state index contributed by atoms with van der Waals surface area (Å²) in [6, 6.07) is 4.98. The number of nitrogens with one attached hydrogen (secondary N) is 1. The van der Waals surface area contributed by atoms with E-state index in [1.807, 2.05) is 12.3 Å². The molecule has 1 aliphatic heterocycles. The maximum absolute atomic E-state index is 13.1. The molecule has 2 aromatic rings. The molecule has 3 heteroatoms. The fourth-order valence-corrected chi connectivity index (χ4v) is 2.58. The Bertz CT molecular complexity index is 534. The zero-order valence-electron chi connectivity index (χ0n) is 10.0. The SMILES string of the molecule is CC(CN1CCC1)c1c[nH]c2cc(F)ccc12.[HH]. The second kappa shape index (κ2) is 4.15. The maximum Gasteiger partial charge on any atom is 0.125 e. The van der Waals surface area contributed by atoms with Gasteiger partial charge < -0.3 is 9.88 Å². The number of hydrogen-bond donors (Lipinski definition) is 1. The Balaban J connectivity index is 0.00000120. The van der Waals surface area contributed by atoms with Crippen LogP contribution in [-0.2, 0) is 0 Å². The van der Waals surface area contributed by atoms with Gasteiger partial charge in [-0.25, -0.2) is 4.39 Å². The highest BCUT2D eigenvalue weighted by Crippen LogP contribution is 2.27. The summed E-state index contributed by atoms with van der Waals surface area (Å²) in [4.78, 5) is 5.63. The Hall–Kier alpha value is -1.35. The molecule has 3 rings (SSSR count). The number of nitrogens with zero attached hydrogens (tertiary/aromatic N) is 1. The lowest BCUT2D eigenvalue weighted by Crippen LogP contribution is -2.39. The van der Waals surface area contributed by atoms with Gasteiger partial charge >= 0.3 is 0 Å². The van der Waals surface area contributed by atoms with Crippen LogP contribution >= 0.6 is 0 Å². The molecule has 1 saturated heterocycles. The third kappa shape index (κ3) is 1.95. The fourth-order valence-electron chi connectivity index (χ4n) is 2.58. The van der Waals surface area contributed by atoms with Gasteiger partial charge in [0.15, 0.2) is 0 Å². The predicted octanol–water partition coefficient (Wildman–Crippen LogP) is 3.36. The number of benzene rings is 1. The Labute approximate surface area is 102 Å². The molecule has 17 heavy (non-hydrogen) atoms. The average Bonchev–Trinajstić information content (AvgIpc) is 2.66. The van der Waals surface area contributed by atoms with Gasteiger partial charge in [0.2, 0.25) is 0 Å². The summed E-state index contributed by atoms with van der Waals surface area (Å²) >= 11 is 0. The van der Waals surface area contributed by atoms with Crippen LogP contribution in [0.4, 0.5) is 4.39 Å². The molecule has 0 amide bonds. The second-order valence-corrected chi connectivity index (χ2v) is 4.99. The summed E-state index contributed by atoms with van der Waals surface area (Å²) in [5.41, 5.74) is 2.20. The highest BCUT2D eigenvalue weighted by atomic mass is 19.1. The molecule has 0 aliphatic carbocycles. The number of H-pyrrole nitrogens is 1. The normalized spacial score (nSPS) is 18.2. The van der Waals surface area contributed by atoms with E-state index in [9.17, 15) is 4.39 Å². The van der Waals surface area contributed by atoms with Crippen molar-refractivity contribution < 1.29 is 5.82 Å². The molecule has 1 aromatic heterocycles. The summed E-state index contributed by atoms with van der Waals surface area (Å²) in [5.74, 6) is 0.316. The number of halogens is 1. The monoisotopic (exact) mass is 234 g/mol. The molecular formula is C14H19FN2. The van der Waals surface area contributed by atoms with E-state index in [-0.39, 0.29) is 7.24 Å². The van der Waals surface area contributed by atoms with Crippen LogP contribution < -0.4 is 0 Å².